The first-order valence-corrected chi connectivity index (χ1v) is 11.1. The Morgan fingerprint density at radius 1 is 0.459 bits per heavy atom. The molecule has 37 heavy (non-hydrogen) atoms. The van der Waals surface area contributed by atoms with Crippen LogP contribution in [0.25, 0.3) is 54.9 Å². The summed E-state index contributed by atoms with van der Waals surface area (Å²) in [6.07, 6.45) is 0. The van der Waals surface area contributed by atoms with Crippen LogP contribution >= 0.6 is 0 Å². The molecule has 0 spiro atoms. The molecular formula is C24H4B11NO. The van der Waals surface area contributed by atoms with Crippen LogP contribution in [0.1, 0.15) is 0 Å². The average molecular weight is 441 g/mol. The summed E-state index contributed by atoms with van der Waals surface area (Å²) >= 11 is 0. The summed E-state index contributed by atoms with van der Waals surface area (Å²) < 4.78 is 6.21. The Morgan fingerprint density at radius 3 is 1.62 bits per heavy atom. The first kappa shape index (κ1) is 24.5. The Hall–Kier alpha value is -2.81. The van der Waals surface area contributed by atoms with Crippen LogP contribution in [0, 0.1) is 0 Å². The summed E-state index contributed by atoms with van der Waals surface area (Å²) in [5.74, 6) is 0. The zero-order chi connectivity index (χ0) is 26.7. The number of H-pyrrole nitrogens is 1. The highest BCUT2D eigenvalue weighted by Crippen LogP contribution is 2.34. The van der Waals surface area contributed by atoms with Crippen molar-refractivity contribution in [1.82, 2.24) is 4.98 Å². The number of hydrogen-bond acceptors (Lipinski definition) is 1. The lowest BCUT2D eigenvalue weighted by molar-refractivity contribution is 0.673. The van der Waals surface area contributed by atoms with Gasteiger partial charge < -0.3 is 9.40 Å². The van der Waals surface area contributed by atoms with Gasteiger partial charge in [0.25, 0.3) is 0 Å². The topological polar surface area (TPSA) is 28.9 Å². The number of aromatic nitrogens is 1. The van der Waals surface area contributed by atoms with Gasteiger partial charge in [-0.25, -0.2) is 0 Å². The van der Waals surface area contributed by atoms with E-state index >= 15 is 0 Å². The number of nitrogens with one attached hydrogen (secondary N) is 1. The molecule has 22 radical (unpaired) electrons. The van der Waals surface area contributed by atoms with Gasteiger partial charge in [-0.1, -0.05) is 56.4 Å². The van der Waals surface area contributed by atoms with Gasteiger partial charge in [0, 0.05) is 27.4 Å². The first-order valence-electron chi connectivity index (χ1n) is 11.1. The van der Waals surface area contributed by atoms with Gasteiger partial charge in [-0.2, -0.15) is 0 Å². The number of para-hydroxylation sites is 1. The maximum absolute atomic E-state index is 6.78. The molecule has 6 aromatic rings. The molecule has 0 saturated heterocycles. The van der Waals surface area contributed by atoms with E-state index in [2.05, 4.69) is 4.98 Å². The predicted molar refractivity (Wildman–Crippen MR) is 168 cm³/mol. The molecule has 0 amide bonds. The van der Waals surface area contributed by atoms with E-state index in [0.29, 0.717) is 54.9 Å². The molecule has 2 nitrogen and oxygen atoms in total. The van der Waals surface area contributed by atoms with Crippen molar-refractivity contribution in [3.63, 3.8) is 0 Å². The number of hydrogen-bond donors (Lipinski definition) is 1. The van der Waals surface area contributed by atoms with Crippen LogP contribution in [0.2, 0.25) is 0 Å². The van der Waals surface area contributed by atoms with Crippen LogP contribution < -0.4 is 60.1 Å². The van der Waals surface area contributed by atoms with E-state index in [1.54, 1.807) is 12.1 Å². The Morgan fingerprint density at radius 2 is 0.973 bits per heavy atom. The summed E-state index contributed by atoms with van der Waals surface area (Å²) in [4.78, 5) is 3.16. The highest BCUT2D eigenvalue weighted by atomic mass is 16.3. The van der Waals surface area contributed by atoms with Crippen molar-refractivity contribution >= 4 is 190 Å². The van der Waals surface area contributed by atoms with Gasteiger partial charge in [0.2, 0.25) is 0 Å². The highest BCUT2D eigenvalue weighted by Gasteiger charge is 2.23. The highest BCUT2D eigenvalue weighted by molar-refractivity contribution is 6.70. The van der Waals surface area contributed by atoms with Gasteiger partial charge in [0.1, 0.15) is 97.5 Å². The normalized spacial score (nSPS) is 11.9. The lowest BCUT2D eigenvalue weighted by atomic mass is 9.64. The zero-order valence-corrected chi connectivity index (χ0v) is 19.5. The molecule has 2 aromatic heterocycles. The third-order valence-corrected chi connectivity index (χ3v) is 7.15. The third kappa shape index (κ3) is 3.03. The number of fused-ring (bicyclic) bond motifs is 6. The second kappa shape index (κ2) is 8.09. The van der Waals surface area contributed by atoms with Gasteiger partial charge >= 0.3 is 0 Å². The Balaban J connectivity index is 1.81. The van der Waals surface area contributed by atoms with Gasteiger partial charge in [0.05, 0.1) is 0 Å². The maximum Gasteiger partial charge on any atom is 0.143 e. The molecule has 0 bridgehead atoms. The van der Waals surface area contributed by atoms with E-state index < -0.39 is 0 Å². The molecule has 1 N–H and O–H groups in total. The molecule has 0 atom stereocenters. The zero-order valence-electron chi connectivity index (χ0n) is 19.5. The van der Waals surface area contributed by atoms with E-state index in [0.717, 1.165) is 0 Å². The van der Waals surface area contributed by atoms with E-state index in [4.69, 9.17) is 90.7 Å². The standard InChI is InChI=1S/C24H4B11NO/c25-10-6(4-2-1-3-5-7-12(27)14(29)17(32)20(35)24(7)37-23(4)5)11(26)18(33)21-8(10)9-13(28)15(30)16(31)19(34)22(9)36-21/h1-3,36H. The van der Waals surface area contributed by atoms with Crippen LogP contribution in [0.15, 0.2) is 22.6 Å². The molecule has 0 aliphatic rings. The quantitative estimate of drug-likeness (QED) is 0.253. The van der Waals surface area contributed by atoms with Crippen LogP contribution in [-0.4, -0.2) is 91.3 Å². The number of rotatable bonds is 1. The summed E-state index contributed by atoms with van der Waals surface area (Å²) in [5.41, 5.74) is 4.74. The van der Waals surface area contributed by atoms with E-state index in [9.17, 15) is 0 Å². The fourth-order valence-corrected chi connectivity index (χ4v) is 5.15. The summed E-state index contributed by atoms with van der Waals surface area (Å²) in [6.45, 7) is 0. The van der Waals surface area contributed by atoms with Crippen LogP contribution in [0.5, 0.6) is 0 Å². The Labute approximate surface area is 228 Å². The number of benzene rings is 4. The fraction of sp³-hybridized carbons (Fsp3) is 0. The van der Waals surface area contributed by atoms with Gasteiger partial charge in [-0.05, 0) is 16.3 Å². The van der Waals surface area contributed by atoms with Crippen molar-refractivity contribution < 1.29 is 4.42 Å². The molecule has 0 fully saturated rings. The number of furan rings is 1. The Kier molecular flexibility index (Phi) is 5.37. The van der Waals surface area contributed by atoms with Crippen molar-refractivity contribution in [2.75, 3.05) is 0 Å². The Bertz CT molecular complexity index is 2010. The van der Waals surface area contributed by atoms with E-state index in [1.807, 2.05) is 6.07 Å². The molecule has 13 heteroatoms. The van der Waals surface area contributed by atoms with Crippen molar-refractivity contribution in [3.8, 4) is 11.1 Å². The van der Waals surface area contributed by atoms with Crippen molar-refractivity contribution in [3.05, 3.63) is 18.2 Å². The largest absolute Gasteiger partial charge is 0.456 e. The fourth-order valence-electron chi connectivity index (χ4n) is 5.15. The minimum absolute atomic E-state index is 0.138. The van der Waals surface area contributed by atoms with Gasteiger partial charge in [-0.3, -0.25) is 0 Å². The molecule has 0 saturated carbocycles. The summed E-state index contributed by atoms with van der Waals surface area (Å²) in [5, 5.41) is 2.14. The van der Waals surface area contributed by atoms with Crippen molar-refractivity contribution in [2.24, 2.45) is 0 Å². The molecule has 144 valence electrons. The molecule has 2 heterocycles. The molecule has 0 aliphatic carbocycles. The minimum atomic E-state index is 0.138. The third-order valence-electron chi connectivity index (χ3n) is 7.15. The van der Waals surface area contributed by atoms with Crippen LogP contribution in [0.4, 0.5) is 0 Å². The lowest BCUT2D eigenvalue weighted by Gasteiger charge is -2.18. The summed E-state index contributed by atoms with van der Waals surface area (Å²) in [6, 6.07) is 5.41. The predicted octanol–water partition coefficient (Wildman–Crippen LogP) is -6.38. The second-order valence-electron chi connectivity index (χ2n) is 9.04. The monoisotopic (exact) mass is 443 g/mol. The number of aromatic amines is 1. The van der Waals surface area contributed by atoms with Crippen molar-refractivity contribution in [1.29, 1.82) is 0 Å². The van der Waals surface area contributed by atoms with Crippen LogP contribution in [0.3, 0.4) is 0 Å². The van der Waals surface area contributed by atoms with Crippen molar-refractivity contribution in [2.45, 2.75) is 0 Å². The second-order valence-corrected chi connectivity index (χ2v) is 9.04. The molecule has 0 aliphatic heterocycles. The smallest absolute Gasteiger partial charge is 0.143 e. The average Bonchev–Trinajstić information content (AvgIpc) is 3.48. The van der Waals surface area contributed by atoms with Gasteiger partial charge in [0.15, 0.2) is 0 Å². The molecular weight excluding hydrogens is 437 g/mol. The SMILES string of the molecule is [B]c1c([B])c([B])c2c([nH]c3c([B])c([B])c(-c4cccc5c4oc4c([B])c([B])c([B])c([B])c45)c([B])c32)c1[B]. The summed E-state index contributed by atoms with van der Waals surface area (Å²) in [7, 11) is 69.3. The molecule has 6 rings (SSSR count). The molecule has 4 aromatic carbocycles. The first-order chi connectivity index (χ1) is 17.5. The maximum atomic E-state index is 6.78. The lowest BCUT2D eigenvalue weighted by Crippen LogP contribution is -2.47. The molecule has 0 unspecified atom stereocenters. The van der Waals surface area contributed by atoms with E-state index in [-0.39, 0.29) is 60.1 Å². The van der Waals surface area contributed by atoms with Crippen LogP contribution in [-0.2, 0) is 0 Å². The van der Waals surface area contributed by atoms with E-state index in [1.165, 1.54) is 0 Å². The van der Waals surface area contributed by atoms with Gasteiger partial charge in [-0.15, -0.1) is 21.9 Å². The minimum Gasteiger partial charge on any atom is -0.456 e.